The highest BCUT2D eigenvalue weighted by Crippen LogP contribution is 2.46. The van der Waals surface area contributed by atoms with Crippen LogP contribution in [-0.4, -0.2) is 84.6 Å². The molecule has 56 heavy (non-hydrogen) atoms. The Hall–Kier alpha value is -5.44. The van der Waals surface area contributed by atoms with Gasteiger partial charge < -0.3 is 29.4 Å². The molecule has 4 amide bonds. The van der Waals surface area contributed by atoms with E-state index in [4.69, 9.17) is 18.9 Å². The first-order valence-corrected chi connectivity index (χ1v) is 20.8. The van der Waals surface area contributed by atoms with Crippen LogP contribution in [0, 0.1) is 5.92 Å². The van der Waals surface area contributed by atoms with Crippen LogP contribution in [0.3, 0.4) is 0 Å². The van der Waals surface area contributed by atoms with E-state index in [1.165, 1.54) is 11.8 Å². The van der Waals surface area contributed by atoms with Crippen LogP contribution < -0.4 is 24.8 Å². The first-order chi connectivity index (χ1) is 27.0. The van der Waals surface area contributed by atoms with Gasteiger partial charge in [0.2, 0.25) is 27.7 Å². The fourth-order valence-corrected chi connectivity index (χ4v) is 9.29. The predicted molar refractivity (Wildman–Crippen MR) is 207 cm³/mol. The summed E-state index contributed by atoms with van der Waals surface area (Å²) in [6.07, 6.45) is 7.67. The second-order valence-electron chi connectivity index (χ2n) is 15.3. The van der Waals surface area contributed by atoms with Gasteiger partial charge in [-0.05, 0) is 74.9 Å². The number of benzene rings is 2. The SMILES string of the molecule is COc1ccc(-c2cc(O[C@@H]3C[C@H]4C(=O)N[C@]5(C(=O)NS(=O)(=O)C6CC6)C[C@H]5/C=C\CCCCC[C@H](NC(C)=O)C(=O)N4C3)c3oc4ccccc4c3n2)cc1. The summed E-state index contributed by atoms with van der Waals surface area (Å²) < 4.78 is 46.3. The molecule has 15 heteroatoms. The zero-order valence-corrected chi connectivity index (χ0v) is 32.1. The van der Waals surface area contributed by atoms with Gasteiger partial charge in [-0.15, -0.1) is 0 Å². The Kier molecular flexibility index (Phi) is 9.97. The zero-order chi connectivity index (χ0) is 39.2. The lowest BCUT2D eigenvalue weighted by Gasteiger charge is -2.29. The van der Waals surface area contributed by atoms with Crippen LogP contribution in [-0.2, 0) is 29.2 Å². The van der Waals surface area contributed by atoms with Gasteiger partial charge in [0.15, 0.2) is 11.3 Å². The van der Waals surface area contributed by atoms with Crippen LogP contribution in [0.15, 0.2) is 71.2 Å². The minimum atomic E-state index is -3.89. The van der Waals surface area contributed by atoms with Crippen LogP contribution in [0.2, 0.25) is 0 Å². The van der Waals surface area contributed by atoms with E-state index in [2.05, 4.69) is 15.4 Å². The number of hydrogen-bond acceptors (Lipinski definition) is 10. The van der Waals surface area contributed by atoms with Crippen LogP contribution in [0.25, 0.3) is 33.3 Å². The molecule has 0 bridgehead atoms. The number of carbonyl (C=O) groups is 4. The highest BCUT2D eigenvalue weighted by Gasteiger charge is 2.62. The molecule has 2 aromatic heterocycles. The molecule has 294 valence electrons. The molecule has 3 fully saturated rings. The average Bonchev–Trinajstić information content (AvgIpc) is 4.08. The van der Waals surface area contributed by atoms with E-state index in [0.29, 0.717) is 66.0 Å². The number of sulfonamides is 1. The van der Waals surface area contributed by atoms with Crippen molar-refractivity contribution in [3.05, 3.63) is 66.7 Å². The van der Waals surface area contributed by atoms with Gasteiger partial charge in [-0.2, -0.15) is 0 Å². The van der Waals surface area contributed by atoms with Crippen molar-refractivity contribution in [3.8, 4) is 22.8 Å². The van der Waals surface area contributed by atoms with Gasteiger partial charge in [-0.25, -0.2) is 13.4 Å². The highest BCUT2D eigenvalue weighted by atomic mass is 32.2. The summed E-state index contributed by atoms with van der Waals surface area (Å²) in [5.41, 5.74) is 1.50. The summed E-state index contributed by atoms with van der Waals surface area (Å²) in [6, 6.07) is 14.7. The molecule has 3 N–H and O–H groups in total. The van der Waals surface area contributed by atoms with Gasteiger partial charge in [0.05, 0.1) is 24.6 Å². The number of pyridine rings is 1. The molecule has 0 radical (unpaired) electrons. The molecular weight excluding hydrogens is 739 g/mol. The molecule has 4 aliphatic rings. The number of nitrogens with one attached hydrogen (secondary N) is 3. The maximum absolute atomic E-state index is 14.4. The molecular formula is C41H45N5O9S. The number of ether oxygens (including phenoxy) is 2. The van der Waals surface area contributed by atoms with E-state index in [1.54, 1.807) is 13.2 Å². The Morgan fingerprint density at radius 2 is 1.82 bits per heavy atom. The number of para-hydroxylation sites is 1. The number of amides is 4. The number of fused-ring (bicyclic) bond motifs is 5. The summed E-state index contributed by atoms with van der Waals surface area (Å²) in [7, 11) is -2.30. The standard InChI is InChI=1S/C41H45N5O9S/c1-24(47)42-31-12-7-5-3-4-6-10-26-22-41(26,40(50)45-56(51,52)29-18-19-29)44-38(48)33-20-28(23-46(33)39(31)49)54-35-21-32(25-14-16-27(53-2)17-15-25)43-36-30-11-8-9-13-34(30)55-37(35)36/h6,8-11,13-17,21,26,28-29,31,33H,3-5,7,12,18-20,22-23H2,1-2H3,(H,42,47)(H,44,48)(H,45,50)/b10-6-/t26-,28-,31+,33+,41-/m1/s1. The third kappa shape index (κ3) is 7.43. The lowest BCUT2D eigenvalue weighted by molar-refractivity contribution is -0.142. The lowest BCUT2D eigenvalue weighted by Crippen LogP contribution is -2.58. The highest BCUT2D eigenvalue weighted by molar-refractivity contribution is 7.91. The van der Waals surface area contributed by atoms with Crippen LogP contribution >= 0.6 is 0 Å². The number of carbonyl (C=O) groups excluding carboxylic acids is 4. The molecule has 2 aromatic carbocycles. The largest absolute Gasteiger partial charge is 0.497 e. The number of aromatic nitrogens is 1. The molecule has 14 nitrogen and oxygen atoms in total. The fourth-order valence-electron chi connectivity index (χ4n) is 7.92. The summed E-state index contributed by atoms with van der Waals surface area (Å²) in [4.78, 5) is 61.3. The molecule has 8 rings (SSSR count). The van der Waals surface area contributed by atoms with Crippen molar-refractivity contribution in [1.29, 1.82) is 0 Å². The van der Waals surface area contributed by atoms with Gasteiger partial charge in [0, 0.05) is 36.3 Å². The fraction of sp³-hybridized carbons (Fsp3) is 0.439. The van der Waals surface area contributed by atoms with E-state index in [0.717, 1.165) is 23.8 Å². The van der Waals surface area contributed by atoms with E-state index < -0.39 is 62.6 Å². The summed E-state index contributed by atoms with van der Waals surface area (Å²) in [6.45, 7) is 1.34. The quantitative estimate of drug-likeness (QED) is 0.215. The van der Waals surface area contributed by atoms with Crippen LogP contribution in [0.4, 0.5) is 0 Å². The zero-order valence-electron chi connectivity index (χ0n) is 31.3. The number of allylic oxidation sites excluding steroid dienone is 1. The van der Waals surface area contributed by atoms with Crippen molar-refractivity contribution in [2.45, 2.75) is 93.7 Å². The predicted octanol–water partition coefficient (Wildman–Crippen LogP) is 4.51. The van der Waals surface area contributed by atoms with Crippen LogP contribution in [0.1, 0.15) is 64.7 Å². The molecule has 0 spiro atoms. The number of rotatable bonds is 8. The first-order valence-electron chi connectivity index (χ1n) is 19.2. The van der Waals surface area contributed by atoms with Gasteiger partial charge in [0.1, 0.15) is 40.6 Å². The Balaban J connectivity index is 1.14. The Labute approximate surface area is 324 Å². The lowest BCUT2D eigenvalue weighted by atomic mass is 10.0. The maximum Gasteiger partial charge on any atom is 0.259 e. The van der Waals surface area contributed by atoms with Crippen molar-refractivity contribution in [3.63, 3.8) is 0 Å². The third-order valence-corrected chi connectivity index (χ3v) is 13.0. The molecule has 4 heterocycles. The smallest absolute Gasteiger partial charge is 0.259 e. The number of methoxy groups -OCH3 is 1. The maximum atomic E-state index is 14.4. The van der Waals surface area contributed by atoms with Crippen LogP contribution in [0.5, 0.6) is 11.5 Å². The van der Waals surface area contributed by atoms with Gasteiger partial charge in [-0.3, -0.25) is 23.9 Å². The molecule has 5 atom stereocenters. The molecule has 2 saturated carbocycles. The minimum Gasteiger partial charge on any atom is -0.497 e. The molecule has 2 aliphatic heterocycles. The van der Waals surface area contributed by atoms with Gasteiger partial charge >= 0.3 is 0 Å². The Morgan fingerprint density at radius 1 is 1.04 bits per heavy atom. The third-order valence-electron chi connectivity index (χ3n) is 11.2. The minimum absolute atomic E-state index is 0.00644. The van der Waals surface area contributed by atoms with Crippen molar-refractivity contribution in [2.24, 2.45) is 5.92 Å². The molecule has 4 aromatic rings. The van der Waals surface area contributed by atoms with Crippen molar-refractivity contribution < 1.29 is 41.5 Å². The van der Waals surface area contributed by atoms with Crippen molar-refractivity contribution >= 4 is 55.7 Å². The summed E-state index contributed by atoms with van der Waals surface area (Å²) >= 11 is 0. The monoisotopic (exact) mass is 783 g/mol. The van der Waals surface area contributed by atoms with E-state index in [-0.39, 0.29) is 25.3 Å². The second kappa shape index (κ2) is 14.9. The normalized spacial score (nSPS) is 26.3. The summed E-state index contributed by atoms with van der Waals surface area (Å²) in [5.74, 6) is -1.59. The van der Waals surface area contributed by atoms with Gasteiger partial charge in [-0.1, -0.05) is 37.1 Å². The first kappa shape index (κ1) is 37.5. The number of nitrogens with zero attached hydrogens (tertiary/aromatic N) is 2. The van der Waals surface area contributed by atoms with Crippen molar-refractivity contribution in [2.75, 3.05) is 13.7 Å². The molecule has 0 unspecified atom stereocenters. The van der Waals surface area contributed by atoms with Gasteiger partial charge in [0.25, 0.3) is 5.91 Å². The number of hydrogen-bond donors (Lipinski definition) is 3. The average molecular weight is 784 g/mol. The van der Waals surface area contributed by atoms with E-state index >= 15 is 0 Å². The van der Waals surface area contributed by atoms with E-state index in [1.807, 2.05) is 60.7 Å². The van der Waals surface area contributed by atoms with E-state index in [9.17, 15) is 27.6 Å². The summed E-state index contributed by atoms with van der Waals surface area (Å²) in [5, 5.41) is 5.85. The van der Waals surface area contributed by atoms with Crippen molar-refractivity contribution in [1.82, 2.24) is 25.2 Å². The molecule has 2 aliphatic carbocycles. The number of furan rings is 1. The Bertz CT molecular complexity index is 2340. The molecule has 1 saturated heterocycles. The Morgan fingerprint density at radius 3 is 2.57 bits per heavy atom. The topological polar surface area (TPSA) is 186 Å². The second-order valence-corrected chi connectivity index (χ2v) is 17.2.